The molecule has 3 rings (SSSR count). The maximum Gasteiger partial charge on any atom is 0.254 e. The molecule has 23 heavy (non-hydrogen) atoms. The van der Waals surface area contributed by atoms with E-state index < -0.39 is 0 Å². The van der Waals surface area contributed by atoms with Crippen LogP contribution in [0.5, 0.6) is 0 Å². The first-order valence-electron chi connectivity index (χ1n) is 8.71. The lowest BCUT2D eigenvalue weighted by Crippen LogP contribution is -2.33. The van der Waals surface area contributed by atoms with Crippen LogP contribution in [-0.2, 0) is 11.8 Å². The molecule has 0 aliphatic carbocycles. The Labute approximate surface area is 138 Å². The van der Waals surface area contributed by atoms with Crippen molar-refractivity contribution < 1.29 is 9.53 Å². The zero-order chi connectivity index (χ0) is 16.2. The molecule has 2 aliphatic heterocycles. The first-order chi connectivity index (χ1) is 11.1. The number of likely N-dealkylation sites (tertiary alicyclic amines) is 1. The third kappa shape index (κ3) is 4.12. The van der Waals surface area contributed by atoms with Crippen LogP contribution in [0.15, 0.2) is 6.20 Å². The van der Waals surface area contributed by atoms with Crippen molar-refractivity contribution in [3.63, 3.8) is 0 Å². The number of carbonyl (C=O) groups is 1. The number of nitrogens with one attached hydrogen (secondary N) is 1. The second-order valence-corrected chi connectivity index (χ2v) is 6.95. The number of piperidine rings is 1. The second kappa shape index (κ2) is 7.45. The third-order valence-corrected chi connectivity index (χ3v) is 5.09. The van der Waals surface area contributed by atoms with Crippen molar-refractivity contribution in [3.8, 4) is 0 Å². The fourth-order valence-corrected chi connectivity index (χ4v) is 3.57. The molecule has 0 radical (unpaired) electrons. The summed E-state index contributed by atoms with van der Waals surface area (Å²) in [6.07, 6.45) is 6.33. The van der Waals surface area contributed by atoms with Gasteiger partial charge in [-0.3, -0.25) is 9.48 Å². The molecule has 128 valence electrons. The van der Waals surface area contributed by atoms with Gasteiger partial charge in [-0.1, -0.05) is 0 Å². The smallest absolute Gasteiger partial charge is 0.254 e. The molecule has 0 aromatic carbocycles. The van der Waals surface area contributed by atoms with Gasteiger partial charge in [0.25, 0.3) is 5.91 Å². The topological polar surface area (TPSA) is 59.4 Å². The number of hydrogen-bond acceptors (Lipinski definition) is 4. The molecule has 1 aromatic rings. The van der Waals surface area contributed by atoms with Crippen LogP contribution < -0.4 is 5.32 Å². The van der Waals surface area contributed by atoms with E-state index in [0.717, 1.165) is 37.6 Å². The molecule has 0 saturated carbocycles. The average Bonchev–Trinajstić information content (AvgIpc) is 3.18. The van der Waals surface area contributed by atoms with E-state index in [-0.39, 0.29) is 11.8 Å². The molecule has 1 N–H and O–H groups in total. The maximum atomic E-state index is 12.5. The van der Waals surface area contributed by atoms with E-state index in [1.807, 2.05) is 13.2 Å². The Morgan fingerprint density at radius 2 is 2.13 bits per heavy atom. The van der Waals surface area contributed by atoms with Crippen LogP contribution >= 0.6 is 0 Å². The van der Waals surface area contributed by atoms with Gasteiger partial charge in [0, 0.05) is 32.3 Å². The third-order valence-electron chi connectivity index (χ3n) is 5.09. The zero-order valence-electron chi connectivity index (χ0n) is 14.3. The highest BCUT2D eigenvalue weighted by molar-refractivity contribution is 5.95. The molecular formula is C17H28N4O2. The van der Waals surface area contributed by atoms with E-state index in [1.54, 1.807) is 4.68 Å². The number of aromatic nitrogens is 2. The van der Waals surface area contributed by atoms with Gasteiger partial charge in [0.2, 0.25) is 0 Å². The summed E-state index contributed by atoms with van der Waals surface area (Å²) < 4.78 is 7.18. The molecule has 1 aromatic heterocycles. The molecular weight excluding hydrogens is 292 g/mol. The minimum atomic E-state index is 0.00734. The van der Waals surface area contributed by atoms with E-state index in [1.165, 1.54) is 25.9 Å². The highest BCUT2D eigenvalue weighted by Crippen LogP contribution is 2.26. The molecule has 0 spiro atoms. The van der Waals surface area contributed by atoms with Crippen molar-refractivity contribution >= 4 is 5.91 Å². The molecule has 6 nitrogen and oxygen atoms in total. The number of hydrogen-bond donors (Lipinski definition) is 1. The van der Waals surface area contributed by atoms with Crippen molar-refractivity contribution in [1.29, 1.82) is 0 Å². The number of nitrogens with zero attached hydrogens (tertiary/aromatic N) is 3. The monoisotopic (exact) mass is 320 g/mol. The Morgan fingerprint density at radius 3 is 2.83 bits per heavy atom. The van der Waals surface area contributed by atoms with E-state index in [0.29, 0.717) is 12.2 Å². The summed E-state index contributed by atoms with van der Waals surface area (Å²) in [5, 5.41) is 7.58. The predicted molar refractivity (Wildman–Crippen MR) is 88.6 cm³/mol. The van der Waals surface area contributed by atoms with Gasteiger partial charge in [0.15, 0.2) is 0 Å². The summed E-state index contributed by atoms with van der Waals surface area (Å²) in [5.74, 6) is 1.00. The van der Waals surface area contributed by atoms with Crippen molar-refractivity contribution in [1.82, 2.24) is 20.0 Å². The van der Waals surface area contributed by atoms with Crippen LogP contribution in [0.1, 0.15) is 47.7 Å². The normalized spacial score (nSPS) is 23.3. The van der Waals surface area contributed by atoms with Gasteiger partial charge >= 0.3 is 0 Å². The minimum Gasteiger partial charge on any atom is -0.381 e. The minimum absolute atomic E-state index is 0.00734. The summed E-state index contributed by atoms with van der Waals surface area (Å²) in [6.45, 7) is 4.54. The first kappa shape index (κ1) is 16.5. The first-order valence-corrected chi connectivity index (χ1v) is 8.71. The van der Waals surface area contributed by atoms with Crippen molar-refractivity contribution in [2.45, 2.75) is 31.6 Å². The number of rotatable bonds is 5. The van der Waals surface area contributed by atoms with Crippen LogP contribution in [0, 0.1) is 5.92 Å². The lowest BCUT2D eigenvalue weighted by atomic mass is 9.94. The number of carbonyl (C=O) groups excluding carboxylic acids is 1. The van der Waals surface area contributed by atoms with Crippen LogP contribution in [0.3, 0.4) is 0 Å². The highest BCUT2D eigenvalue weighted by Gasteiger charge is 2.26. The van der Waals surface area contributed by atoms with Crippen LogP contribution in [-0.4, -0.2) is 60.5 Å². The largest absolute Gasteiger partial charge is 0.381 e. The Kier molecular flexibility index (Phi) is 5.33. The molecule has 6 heteroatoms. The van der Waals surface area contributed by atoms with Gasteiger partial charge < -0.3 is 15.0 Å². The molecule has 2 fully saturated rings. The molecule has 3 heterocycles. The Bertz CT molecular complexity index is 529. The molecule has 2 aliphatic rings. The van der Waals surface area contributed by atoms with E-state index in [9.17, 15) is 4.79 Å². The Balaban J connectivity index is 1.52. The quantitative estimate of drug-likeness (QED) is 0.890. The van der Waals surface area contributed by atoms with Gasteiger partial charge in [0.1, 0.15) is 0 Å². The SMILES string of the molecule is CN1CCC(CCNC(=O)c2cn(C)nc2[C@H]2CCOC2)CC1. The van der Waals surface area contributed by atoms with Gasteiger partial charge in [0.05, 0.1) is 17.9 Å². The Hall–Kier alpha value is -1.40. The van der Waals surface area contributed by atoms with E-state index in [2.05, 4.69) is 22.4 Å². The summed E-state index contributed by atoms with van der Waals surface area (Å²) in [5.41, 5.74) is 1.60. The van der Waals surface area contributed by atoms with E-state index in [4.69, 9.17) is 4.74 Å². The summed E-state index contributed by atoms with van der Waals surface area (Å²) in [7, 11) is 4.04. The zero-order valence-corrected chi connectivity index (χ0v) is 14.3. The van der Waals surface area contributed by atoms with Crippen molar-refractivity contribution in [3.05, 3.63) is 17.5 Å². The van der Waals surface area contributed by atoms with E-state index >= 15 is 0 Å². The Morgan fingerprint density at radius 1 is 1.35 bits per heavy atom. The van der Waals surface area contributed by atoms with Crippen molar-refractivity contribution in [2.75, 3.05) is 39.9 Å². The lowest BCUT2D eigenvalue weighted by Gasteiger charge is -2.28. The van der Waals surface area contributed by atoms with Crippen LogP contribution in [0.4, 0.5) is 0 Å². The fraction of sp³-hybridized carbons (Fsp3) is 0.765. The van der Waals surface area contributed by atoms with Crippen LogP contribution in [0.25, 0.3) is 0 Å². The molecule has 2 saturated heterocycles. The number of ether oxygens (including phenoxy) is 1. The van der Waals surface area contributed by atoms with Crippen LogP contribution in [0.2, 0.25) is 0 Å². The lowest BCUT2D eigenvalue weighted by molar-refractivity contribution is 0.0947. The summed E-state index contributed by atoms with van der Waals surface area (Å²) in [6, 6.07) is 0. The molecule has 0 unspecified atom stereocenters. The maximum absolute atomic E-state index is 12.5. The second-order valence-electron chi connectivity index (χ2n) is 6.95. The predicted octanol–water partition coefficient (Wildman–Crippen LogP) is 1.39. The average molecular weight is 320 g/mol. The van der Waals surface area contributed by atoms with Gasteiger partial charge in [-0.2, -0.15) is 5.10 Å². The van der Waals surface area contributed by atoms with Gasteiger partial charge in [-0.05, 0) is 51.7 Å². The highest BCUT2D eigenvalue weighted by atomic mass is 16.5. The van der Waals surface area contributed by atoms with Gasteiger partial charge in [-0.25, -0.2) is 0 Å². The van der Waals surface area contributed by atoms with Gasteiger partial charge in [-0.15, -0.1) is 0 Å². The van der Waals surface area contributed by atoms with Crippen molar-refractivity contribution in [2.24, 2.45) is 13.0 Å². The fourth-order valence-electron chi connectivity index (χ4n) is 3.57. The molecule has 1 amide bonds. The number of aryl methyl sites for hydroxylation is 1. The standard InChI is InChI=1S/C17H28N4O2/c1-20-8-4-13(5-9-20)3-7-18-17(22)15-11-21(2)19-16(15)14-6-10-23-12-14/h11,13-14H,3-10,12H2,1-2H3,(H,18,22)/t14-/m0/s1. The number of amides is 1. The molecule has 1 atom stereocenters. The molecule has 0 bridgehead atoms. The summed E-state index contributed by atoms with van der Waals surface area (Å²) >= 11 is 0. The summed E-state index contributed by atoms with van der Waals surface area (Å²) in [4.78, 5) is 14.9.